The molecule has 0 aliphatic heterocycles. The quantitative estimate of drug-likeness (QED) is 0.780. The number of nitriles is 2. The van der Waals surface area contributed by atoms with Crippen molar-refractivity contribution in [1.29, 1.82) is 10.5 Å². The molecule has 0 atom stereocenters. The first-order chi connectivity index (χ1) is 7.11. The van der Waals surface area contributed by atoms with E-state index in [1.54, 1.807) is 12.1 Å². The highest BCUT2D eigenvalue weighted by molar-refractivity contribution is 6.31. The van der Waals surface area contributed by atoms with Crippen molar-refractivity contribution in [2.75, 3.05) is 0 Å². The van der Waals surface area contributed by atoms with Gasteiger partial charge in [-0.2, -0.15) is 10.5 Å². The van der Waals surface area contributed by atoms with Gasteiger partial charge in [-0.25, -0.2) is 13.8 Å². The van der Waals surface area contributed by atoms with Crippen molar-refractivity contribution in [3.8, 4) is 12.1 Å². The Morgan fingerprint density at radius 1 is 1.47 bits per heavy atom. The van der Waals surface area contributed by atoms with E-state index >= 15 is 0 Å². The number of pyridine rings is 1. The third-order valence-corrected chi connectivity index (χ3v) is 2.06. The van der Waals surface area contributed by atoms with Gasteiger partial charge in [-0.3, -0.25) is 0 Å². The molecule has 0 N–H and O–H groups in total. The highest BCUT2D eigenvalue weighted by Gasteiger charge is 2.20. The minimum absolute atomic E-state index is 0.0949. The smallest absolute Gasteiger partial charge is 0.244 e. The lowest BCUT2D eigenvalue weighted by molar-refractivity contribution is 0.150. The van der Waals surface area contributed by atoms with E-state index in [0.29, 0.717) is 0 Å². The largest absolute Gasteiger partial charge is 0.265 e. The molecule has 0 spiro atoms. The Balaban J connectivity index is 3.47. The Morgan fingerprint density at radius 3 is 2.60 bits per heavy atom. The Hall–Kier alpha value is -1.72. The lowest BCUT2D eigenvalue weighted by Gasteiger charge is -2.08. The zero-order chi connectivity index (χ0) is 11.4. The Kier molecular flexibility index (Phi) is 3.54. The number of alkyl halides is 2. The summed E-state index contributed by atoms with van der Waals surface area (Å²) in [6, 6.07) is 3.35. The molecule has 1 aromatic rings. The lowest BCUT2D eigenvalue weighted by Crippen LogP contribution is -2.01. The average Bonchev–Trinajstić information content (AvgIpc) is 2.18. The second-order valence-corrected chi connectivity index (χ2v) is 3.00. The van der Waals surface area contributed by atoms with Crippen LogP contribution in [0.15, 0.2) is 6.20 Å². The van der Waals surface area contributed by atoms with E-state index in [1.807, 2.05) is 0 Å². The van der Waals surface area contributed by atoms with Crippen molar-refractivity contribution in [2.45, 2.75) is 12.8 Å². The van der Waals surface area contributed by atoms with Crippen molar-refractivity contribution in [3.05, 3.63) is 28.0 Å². The number of hydrogen-bond donors (Lipinski definition) is 0. The number of halogens is 3. The van der Waals surface area contributed by atoms with Gasteiger partial charge in [-0.15, -0.1) is 0 Å². The topological polar surface area (TPSA) is 60.5 Å². The highest BCUT2D eigenvalue weighted by atomic mass is 35.5. The molecule has 0 aliphatic carbocycles. The van der Waals surface area contributed by atoms with Crippen LogP contribution in [0.3, 0.4) is 0 Å². The summed E-state index contributed by atoms with van der Waals surface area (Å²) in [6.07, 6.45) is -2.14. The number of rotatable bonds is 2. The van der Waals surface area contributed by atoms with Crippen molar-refractivity contribution in [1.82, 2.24) is 4.98 Å². The van der Waals surface area contributed by atoms with Gasteiger partial charge in [0, 0.05) is 17.3 Å². The van der Waals surface area contributed by atoms with Crippen molar-refractivity contribution in [3.63, 3.8) is 0 Å². The molecule has 0 aromatic carbocycles. The third kappa shape index (κ3) is 2.20. The molecule has 0 saturated carbocycles. The molecular formula is C9H4ClF2N3. The molecule has 76 valence electrons. The standard InChI is InChI=1S/C9H4ClF2N3/c10-6-4-15-7(3-14)5(1-2-13)8(6)9(11)12/h4,9H,1H2. The highest BCUT2D eigenvalue weighted by Crippen LogP contribution is 2.31. The fraction of sp³-hybridized carbons (Fsp3) is 0.222. The molecular weight excluding hydrogens is 224 g/mol. The van der Waals surface area contributed by atoms with Crippen LogP contribution in [0, 0.1) is 22.7 Å². The first-order valence-electron chi connectivity index (χ1n) is 3.84. The average molecular weight is 228 g/mol. The Morgan fingerprint density at radius 2 is 2.13 bits per heavy atom. The van der Waals surface area contributed by atoms with Gasteiger partial charge in [-0.05, 0) is 0 Å². The maximum atomic E-state index is 12.6. The lowest BCUT2D eigenvalue weighted by atomic mass is 10.0. The summed E-state index contributed by atoms with van der Waals surface area (Å²) in [5.41, 5.74) is -0.761. The van der Waals surface area contributed by atoms with E-state index in [9.17, 15) is 8.78 Å². The minimum atomic E-state index is -2.82. The molecule has 1 rings (SSSR count). The maximum Gasteiger partial charge on any atom is 0.265 e. The van der Waals surface area contributed by atoms with Crippen LogP contribution in [0.1, 0.15) is 23.2 Å². The van der Waals surface area contributed by atoms with Crippen LogP contribution in [0.25, 0.3) is 0 Å². The third-order valence-electron chi connectivity index (χ3n) is 1.76. The van der Waals surface area contributed by atoms with Gasteiger partial charge >= 0.3 is 0 Å². The Labute approximate surface area is 89.5 Å². The van der Waals surface area contributed by atoms with Gasteiger partial charge in [-0.1, -0.05) is 11.6 Å². The van der Waals surface area contributed by atoms with E-state index in [1.165, 1.54) is 0 Å². The molecule has 0 amide bonds. The van der Waals surface area contributed by atoms with Crippen LogP contribution < -0.4 is 0 Å². The molecule has 0 bridgehead atoms. The van der Waals surface area contributed by atoms with E-state index in [4.69, 9.17) is 22.1 Å². The summed E-state index contributed by atoms with van der Waals surface area (Å²) in [4.78, 5) is 3.58. The fourth-order valence-corrected chi connectivity index (χ4v) is 1.38. The van der Waals surface area contributed by atoms with E-state index < -0.39 is 12.0 Å². The van der Waals surface area contributed by atoms with Crippen LogP contribution >= 0.6 is 11.6 Å². The molecule has 0 fully saturated rings. The monoisotopic (exact) mass is 227 g/mol. The first kappa shape index (κ1) is 11.4. The summed E-state index contributed by atoms with van der Waals surface area (Å²) >= 11 is 5.53. The van der Waals surface area contributed by atoms with Gasteiger partial charge < -0.3 is 0 Å². The summed E-state index contributed by atoms with van der Waals surface area (Å²) in [7, 11) is 0. The minimum Gasteiger partial charge on any atom is -0.244 e. The number of aromatic nitrogens is 1. The molecule has 1 aromatic heterocycles. The molecule has 0 unspecified atom stereocenters. The van der Waals surface area contributed by atoms with Crippen molar-refractivity contribution in [2.24, 2.45) is 0 Å². The molecule has 15 heavy (non-hydrogen) atoms. The fourth-order valence-electron chi connectivity index (χ4n) is 1.13. The second kappa shape index (κ2) is 4.68. The van der Waals surface area contributed by atoms with E-state index in [2.05, 4.69) is 4.98 Å². The van der Waals surface area contributed by atoms with Crippen LogP contribution in [-0.4, -0.2) is 4.98 Å². The predicted octanol–water partition coefficient (Wildman–Crippen LogP) is 2.61. The Bertz CT molecular complexity index is 460. The number of hydrogen-bond acceptors (Lipinski definition) is 3. The number of nitrogens with zero attached hydrogens (tertiary/aromatic N) is 3. The van der Waals surface area contributed by atoms with Crippen LogP contribution in [0.2, 0.25) is 5.02 Å². The second-order valence-electron chi connectivity index (χ2n) is 2.59. The van der Waals surface area contributed by atoms with Gasteiger partial charge in [0.05, 0.1) is 17.5 Å². The summed E-state index contributed by atoms with van der Waals surface area (Å²) in [6.45, 7) is 0. The van der Waals surface area contributed by atoms with Crippen molar-refractivity contribution < 1.29 is 8.78 Å². The normalized spacial score (nSPS) is 9.73. The molecule has 0 radical (unpaired) electrons. The SMILES string of the molecule is N#CCc1c(C#N)ncc(Cl)c1C(F)F. The first-order valence-corrected chi connectivity index (χ1v) is 4.22. The summed E-state index contributed by atoms with van der Waals surface area (Å²) in [5, 5.41) is 16.9. The van der Waals surface area contributed by atoms with Gasteiger partial charge in [0.15, 0.2) is 0 Å². The zero-order valence-electron chi connectivity index (χ0n) is 7.34. The van der Waals surface area contributed by atoms with Gasteiger partial charge in [0.1, 0.15) is 11.8 Å². The molecule has 1 heterocycles. The maximum absolute atomic E-state index is 12.6. The molecule has 6 heteroatoms. The van der Waals surface area contributed by atoms with Crippen LogP contribution in [-0.2, 0) is 6.42 Å². The summed E-state index contributed by atoms with van der Waals surface area (Å²) < 4.78 is 25.2. The predicted molar refractivity (Wildman–Crippen MR) is 48.2 cm³/mol. The van der Waals surface area contributed by atoms with Gasteiger partial charge in [0.25, 0.3) is 6.43 Å². The molecule has 0 saturated heterocycles. The van der Waals surface area contributed by atoms with E-state index in [0.717, 1.165) is 6.20 Å². The van der Waals surface area contributed by atoms with Crippen LogP contribution in [0.5, 0.6) is 0 Å². The summed E-state index contributed by atoms with van der Waals surface area (Å²) in [5.74, 6) is 0. The van der Waals surface area contributed by atoms with Crippen molar-refractivity contribution >= 4 is 11.6 Å². The zero-order valence-corrected chi connectivity index (χ0v) is 8.09. The van der Waals surface area contributed by atoms with Gasteiger partial charge in [0.2, 0.25) is 0 Å². The molecule has 3 nitrogen and oxygen atoms in total. The van der Waals surface area contributed by atoms with E-state index in [-0.39, 0.29) is 22.7 Å². The van der Waals surface area contributed by atoms with Crippen LogP contribution in [0.4, 0.5) is 8.78 Å². The molecule has 0 aliphatic rings.